The first-order valence-electron chi connectivity index (χ1n) is 7.07. The van der Waals surface area contributed by atoms with Crippen LogP contribution in [0.5, 0.6) is 0 Å². The number of nitrogens with one attached hydrogen (secondary N) is 1. The monoisotopic (exact) mass is 283 g/mol. The van der Waals surface area contributed by atoms with Gasteiger partial charge in [0.25, 0.3) is 5.56 Å². The van der Waals surface area contributed by atoms with Gasteiger partial charge in [-0.05, 0) is 25.3 Å². The van der Waals surface area contributed by atoms with Crippen LogP contribution in [0.3, 0.4) is 0 Å². The third-order valence-corrected chi connectivity index (χ3v) is 3.38. The van der Waals surface area contributed by atoms with Crippen LogP contribution in [0.2, 0.25) is 0 Å². The predicted octanol–water partition coefficient (Wildman–Crippen LogP) is 3.60. The molecule has 0 aliphatic carbocycles. The Morgan fingerprint density at radius 2 is 2.19 bits per heavy atom. The topological polar surface area (TPSA) is 50.2 Å². The summed E-state index contributed by atoms with van der Waals surface area (Å²) in [6.07, 6.45) is 9.32. The summed E-state index contributed by atoms with van der Waals surface area (Å²) in [7, 11) is 0. The van der Waals surface area contributed by atoms with E-state index in [-0.39, 0.29) is 11.5 Å². The maximum atomic E-state index is 12.5. The van der Waals surface area contributed by atoms with Crippen LogP contribution < -0.4 is 5.56 Å². The normalized spacial score (nSPS) is 12.7. The number of fused-ring (bicyclic) bond motifs is 1. The van der Waals surface area contributed by atoms with Gasteiger partial charge in [0.15, 0.2) is 0 Å². The van der Waals surface area contributed by atoms with Crippen molar-refractivity contribution in [2.24, 2.45) is 0 Å². The standard InChI is InChI=1S/C17H21N3O/c1-6-8-13(9-7-2)14-10-20-16(21)12(5)15(11(3)4)19-17(20)18-14/h6-11H,1H2,2-5H3,(H,18,19)/b9-7-,13-8+. The van der Waals surface area contributed by atoms with Gasteiger partial charge < -0.3 is 4.98 Å². The van der Waals surface area contributed by atoms with Crippen LogP contribution in [0.1, 0.15) is 43.6 Å². The van der Waals surface area contributed by atoms with E-state index in [1.165, 1.54) is 0 Å². The molecule has 0 amide bonds. The summed E-state index contributed by atoms with van der Waals surface area (Å²) < 4.78 is 1.57. The Bertz CT molecular complexity index is 788. The zero-order valence-corrected chi connectivity index (χ0v) is 13.0. The minimum absolute atomic E-state index is 0.0235. The van der Waals surface area contributed by atoms with E-state index in [9.17, 15) is 4.79 Å². The molecule has 0 saturated heterocycles. The van der Waals surface area contributed by atoms with Gasteiger partial charge in [0.2, 0.25) is 5.78 Å². The molecule has 0 unspecified atom stereocenters. The van der Waals surface area contributed by atoms with Crippen LogP contribution in [0.25, 0.3) is 11.4 Å². The number of hydrogen-bond acceptors (Lipinski definition) is 2. The third kappa shape index (κ3) is 2.75. The molecular formula is C17H21N3O. The van der Waals surface area contributed by atoms with Gasteiger partial charge >= 0.3 is 0 Å². The summed E-state index contributed by atoms with van der Waals surface area (Å²) in [5.74, 6) is 0.789. The molecule has 4 nitrogen and oxygen atoms in total. The van der Waals surface area contributed by atoms with Gasteiger partial charge in [-0.2, -0.15) is 0 Å². The van der Waals surface area contributed by atoms with Crippen LogP contribution in [0.15, 0.2) is 41.9 Å². The Kier molecular flexibility index (Phi) is 4.26. The van der Waals surface area contributed by atoms with Crippen molar-refractivity contribution < 1.29 is 0 Å². The average Bonchev–Trinajstić information content (AvgIpc) is 2.86. The Hall–Kier alpha value is -2.36. The van der Waals surface area contributed by atoms with Gasteiger partial charge in [0.1, 0.15) is 0 Å². The number of aromatic nitrogens is 3. The van der Waals surface area contributed by atoms with Gasteiger partial charge in [0, 0.05) is 11.8 Å². The molecule has 0 bridgehead atoms. The number of hydrogen-bond donors (Lipinski definition) is 1. The summed E-state index contributed by atoms with van der Waals surface area (Å²) in [5, 5.41) is 0. The van der Waals surface area contributed by atoms with Crippen molar-refractivity contribution >= 4 is 11.4 Å². The molecule has 1 N–H and O–H groups in total. The summed E-state index contributed by atoms with van der Waals surface area (Å²) >= 11 is 0. The molecule has 2 heterocycles. The maximum Gasteiger partial charge on any atom is 0.262 e. The van der Waals surface area contributed by atoms with Crippen LogP contribution >= 0.6 is 0 Å². The second-order valence-corrected chi connectivity index (χ2v) is 5.30. The molecule has 0 spiro atoms. The largest absolute Gasteiger partial charge is 0.323 e. The number of allylic oxidation sites excluding steroid dienone is 5. The first-order chi connectivity index (χ1) is 9.99. The molecule has 2 aromatic rings. The second-order valence-electron chi connectivity index (χ2n) is 5.30. The molecule has 21 heavy (non-hydrogen) atoms. The van der Waals surface area contributed by atoms with E-state index in [1.54, 1.807) is 16.7 Å². The van der Waals surface area contributed by atoms with E-state index in [0.29, 0.717) is 11.3 Å². The highest BCUT2D eigenvalue weighted by Crippen LogP contribution is 2.18. The lowest BCUT2D eigenvalue weighted by Crippen LogP contribution is -2.19. The molecule has 0 aromatic carbocycles. The highest BCUT2D eigenvalue weighted by Gasteiger charge is 2.14. The second kappa shape index (κ2) is 5.95. The first kappa shape index (κ1) is 15.0. The first-order valence-corrected chi connectivity index (χ1v) is 7.07. The van der Waals surface area contributed by atoms with E-state index >= 15 is 0 Å². The Morgan fingerprint density at radius 1 is 1.48 bits per heavy atom. The van der Waals surface area contributed by atoms with Crippen LogP contribution in [0, 0.1) is 6.92 Å². The van der Waals surface area contributed by atoms with Crippen molar-refractivity contribution in [3.05, 3.63) is 64.4 Å². The van der Waals surface area contributed by atoms with E-state index in [4.69, 9.17) is 0 Å². The van der Waals surface area contributed by atoms with Gasteiger partial charge in [-0.1, -0.05) is 44.7 Å². The highest BCUT2D eigenvalue weighted by molar-refractivity contribution is 5.73. The van der Waals surface area contributed by atoms with Crippen molar-refractivity contribution in [1.82, 2.24) is 14.4 Å². The molecule has 110 valence electrons. The lowest BCUT2D eigenvalue weighted by molar-refractivity contribution is 0.796. The lowest BCUT2D eigenvalue weighted by atomic mass is 10.1. The minimum Gasteiger partial charge on any atom is -0.323 e. The number of rotatable bonds is 4. The number of nitrogens with zero attached hydrogens (tertiary/aromatic N) is 2. The smallest absolute Gasteiger partial charge is 0.262 e. The minimum atomic E-state index is -0.0235. The van der Waals surface area contributed by atoms with Gasteiger partial charge in [-0.25, -0.2) is 4.98 Å². The molecule has 2 aromatic heterocycles. The molecule has 2 rings (SSSR count). The summed E-state index contributed by atoms with van der Waals surface area (Å²) in [4.78, 5) is 20.3. The SMILES string of the molecule is C=C/C=C(\C=C/C)c1cn2c(=O)c(C)c(C(C)C)nc2[nH]1. The molecule has 0 aliphatic heterocycles. The van der Waals surface area contributed by atoms with Crippen LogP contribution in [-0.2, 0) is 0 Å². The number of aromatic amines is 1. The van der Waals surface area contributed by atoms with Gasteiger partial charge in [-0.15, -0.1) is 0 Å². The molecule has 0 aliphatic rings. The zero-order chi connectivity index (χ0) is 15.6. The predicted molar refractivity (Wildman–Crippen MR) is 87.6 cm³/mol. The Morgan fingerprint density at radius 3 is 2.76 bits per heavy atom. The lowest BCUT2D eigenvalue weighted by Gasteiger charge is -2.07. The fourth-order valence-electron chi connectivity index (χ4n) is 2.38. The van der Waals surface area contributed by atoms with Crippen molar-refractivity contribution in [3.63, 3.8) is 0 Å². The highest BCUT2D eigenvalue weighted by atomic mass is 16.1. The Labute approximate surface area is 124 Å². The summed E-state index contributed by atoms with van der Waals surface area (Å²) in [6.45, 7) is 11.6. The quantitative estimate of drug-likeness (QED) is 0.872. The van der Waals surface area contributed by atoms with Gasteiger partial charge in [0.05, 0.1) is 11.4 Å². The summed E-state index contributed by atoms with van der Waals surface area (Å²) in [6, 6.07) is 0. The number of imidazole rings is 1. The van der Waals surface area contributed by atoms with E-state index in [2.05, 4.69) is 16.5 Å². The zero-order valence-electron chi connectivity index (χ0n) is 13.0. The molecule has 0 fully saturated rings. The Balaban J connectivity index is 2.72. The van der Waals surface area contributed by atoms with Crippen molar-refractivity contribution in [3.8, 4) is 0 Å². The van der Waals surface area contributed by atoms with Crippen LogP contribution in [-0.4, -0.2) is 14.4 Å². The van der Waals surface area contributed by atoms with E-state index in [0.717, 1.165) is 17.0 Å². The van der Waals surface area contributed by atoms with E-state index < -0.39 is 0 Å². The maximum absolute atomic E-state index is 12.5. The molecule has 4 heteroatoms. The fraction of sp³-hybridized carbons (Fsp3) is 0.294. The fourth-order valence-corrected chi connectivity index (χ4v) is 2.38. The van der Waals surface area contributed by atoms with Crippen molar-refractivity contribution in [2.45, 2.75) is 33.6 Å². The van der Waals surface area contributed by atoms with Crippen molar-refractivity contribution in [2.75, 3.05) is 0 Å². The van der Waals surface area contributed by atoms with Crippen molar-refractivity contribution in [1.29, 1.82) is 0 Å². The molecule has 0 atom stereocenters. The molecule has 0 radical (unpaired) electrons. The van der Waals surface area contributed by atoms with Gasteiger partial charge in [-0.3, -0.25) is 9.20 Å². The molecule has 0 saturated carbocycles. The summed E-state index contributed by atoms with van der Waals surface area (Å²) in [5.41, 5.74) is 3.32. The van der Waals surface area contributed by atoms with Crippen LogP contribution in [0.4, 0.5) is 0 Å². The average molecular weight is 283 g/mol. The third-order valence-electron chi connectivity index (χ3n) is 3.38. The van der Waals surface area contributed by atoms with E-state index in [1.807, 2.05) is 45.9 Å². The molecular weight excluding hydrogens is 262 g/mol. The number of H-pyrrole nitrogens is 1.